The molecule has 0 bridgehead atoms. The van der Waals surface area contributed by atoms with E-state index in [-0.39, 0.29) is 11.2 Å². The number of nitrogens with one attached hydrogen (secondary N) is 1. The Morgan fingerprint density at radius 2 is 2.12 bits per heavy atom. The van der Waals surface area contributed by atoms with Gasteiger partial charge in [-0.3, -0.25) is 4.98 Å². The number of nitrogens with zero attached hydrogens (tertiary/aromatic N) is 1. The summed E-state index contributed by atoms with van der Waals surface area (Å²) in [5, 5.41) is 3.39. The van der Waals surface area contributed by atoms with E-state index < -0.39 is 0 Å². The van der Waals surface area contributed by atoms with Gasteiger partial charge in [0.1, 0.15) is 5.82 Å². The fourth-order valence-corrected chi connectivity index (χ4v) is 1.85. The Hall–Kier alpha value is -0.960. The average Bonchev–Trinajstić information content (AvgIpc) is 2.24. The SMILES string of the molecule is CC(C)CNCCC(C)(C)c1ccncc1F. The van der Waals surface area contributed by atoms with Crippen molar-refractivity contribution in [2.24, 2.45) is 5.92 Å². The Bertz CT molecular complexity index is 348. The van der Waals surface area contributed by atoms with Crippen LogP contribution < -0.4 is 5.32 Å². The Morgan fingerprint density at radius 3 is 2.71 bits per heavy atom. The zero-order valence-electron chi connectivity index (χ0n) is 11.3. The van der Waals surface area contributed by atoms with Crippen LogP contribution >= 0.6 is 0 Å². The molecule has 0 amide bonds. The summed E-state index contributed by atoms with van der Waals surface area (Å²) < 4.78 is 13.6. The first kappa shape index (κ1) is 14.1. The number of hydrogen-bond donors (Lipinski definition) is 1. The largest absolute Gasteiger partial charge is 0.316 e. The Balaban J connectivity index is 2.54. The van der Waals surface area contributed by atoms with Crippen molar-refractivity contribution in [2.75, 3.05) is 13.1 Å². The minimum atomic E-state index is -0.207. The van der Waals surface area contributed by atoms with Gasteiger partial charge in [-0.1, -0.05) is 27.7 Å². The molecule has 0 saturated carbocycles. The normalized spacial score (nSPS) is 12.1. The third-order valence-electron chi connectivity index (χ3n) is 2.98. The molecular formula is C14H23FN2. The van der Waals surface area contributed by atoms with E-state index in [9.17, 15) is 4.39 Å². The van der Waals surface area contributed by atoms with Crippen molar-refractivity contribution < 1.29 is 4.39 Å². The van der Waals surface area contributed by atoms with Gasteiger partial charge in [0.05, 0.1) is 6.20 Å². The molecule has 0 aliphatic rings. The van der Waals surface area contributed by atoms with Crippen LogP contribution in [0.1, 0.15) is 39.7 Å². The van der Waals surface area contributed by atoms with Crippen LogP contribution in [-0.2, 0) is 5.41 Å². The van der Waals surface area contributed by atoms with Gasteiger partial charge in [0, 0.05) is 6.20 Å². The number of aromatic nitrogens is 1. The van der Waals surface area contributed by atoms with Crippen molar-refractivity contribution in [3.05, 3.63) is 29.8 Å². The summed E-state index contributed by atoms with van der Waals surface area (Å²) in [4.78, 5) is 3.79. The van der Waals surface area contributed by atoms with Gasteiger partial charge >= 0.3 is 0 Å². The molecule has 0 saturated heterocycles. The van der Waals surface area contributed by atoms with E-state index in [0.29, 0.717) is 5.92 Å². The molecular weight excluding hydrogens is 215 g/mol. The van der Waals surface area contributed by atoms with Crippen molar-refractivity contribution >= 4 is 0 Å². The summed E-state index contributed by atoms with van der Waals surface area (Å²) in [7, 11) is 0. The highest BCUT2D eigenvalue weighted by Gasteiger charge is 2.23. The van der Waals surface area contributed by atoms with Gasteiger partial charge < -0.3 is 5.32 Å². The molecule has 0 aromatic carbocycles. The molecule has 1 rings (SSSR count). The monoisotopic (exact) mass is 238 g/mol. The molecule has 1 aromatic rings. The average molecular weight is 238 g/mol. The maximum absolute atomic E-state index is 13.6. The van der Waals surface area contributed by atoms with Gasteiger partial charge in [-0.2, -0.15) is 0 Å². The van der Waals surface area contributed by atoms with Crippen LogP contribution in [0.5, 0.6) is 0 Å². The number of pyridine rings is 1. The maximum Gasteiger partial charge on any atom is 0.145 e. The summed E-state index contributed by atoms with van der Waals surface area (Å²) in [5.41, 5.74) is 0.593. The van der Waals surface area contributed by atoms with Crippen molar-refractivity contribution in [3.8, 4) is 0 Å². The maximum atomic E-state index is 13.6. The van der Waals surface area contributed by atoms with Crippen LogP contribution in [0.3, 0.4) is 0 Å². The van der Waals surface area contributed by atoms with Crippen LogP contribution in [0.25, 0.3) is 0 Å². The van der Waals surface area contributed by atoms with Crippen LogP contribution in [0.2, 0.25) is 0 Å². The lowest BCUT2D eigenvalue weighted by molar-refractivity contribution is 0.423. The molecule has 3 heteroatoms. The van der Waals surface area contributed by atoms with Crippen molar-refractivity contribution in [3.63, 3.8) is 0 Å². The molecule has 0 fully saturated rings. The molecule has 17 heavy (non-hydrogen) atoms. The fourth-order valence-electron chi connectivity index (χ4n) is 1.85. The van der Waals surface area contributed by atoms with Crippen LogP contribution in [0, 0.1) is 11.7 Å². The van der Waals surface area contributed by atoms with E-state index >= 15 is 0 Å². The van der Waals surface area contributed by atoms with Gasteiger partial charge in [0.15, 0.2) is 0 Å². The molecule has 0 aliphatic heterocycles. The van der Waals surface area contributed by atoms with E-state index in [0.717, 1.165) is 25.1 Å². The van der Waals surface area contributed by atoms with Gasteiger partial charge in [-0.25, -0.2) is 4.39 Å². The molecule has 1 N–H and O–H groups in total. The summed E-state index contributed by atoms with van der Waals surface area (Å²) in [6.07, 6.45) is 3.86. The lowest BCUT2D eigenvalue weighted by Gasteiger charge is -2.25. The second kappa shape index (κ2) is 6.10. The smallest absolute Gasteiger partial charge is 0.145 e. The third kappa shape index (κ3) is 4.43. The first-order valence-corrected chi connectivity index (χ1v) is 6.24. The zero-order chi connectivity index (χ0) is 12.9. The molecule has 2 nitrogen and oxygen atoms in total. The highest BCUT2D eigenvalue weighted by atomic mass is 19.1. The summed E-state index contributed by atoms with van der Waals surface area (Å²) in [6.45, 7) is 10.4. The van der Waals surface area contributed by atoms with Crippen molar-refractivity contribution in [1.82, 2.24) is 10.3 Å². The van der Waals surface area contributed by atoms with E-state index in [1.165, 1.54) is 6.20 Å². The van der Waals surface area contributed by atoms with E-state index in [1.807, 2.05) is 0 Å². The predicted molar refractivity (Wildman–Crippen MR) is 69.5 cm³/mol. The second-order valence-corrected chi connectivity index (χ2v) is 5.59. The lowest BCUT2D eigenvalue weighted by atomic mass is 9.82. The van der Waals surface area contributed by atoms with E-state index in [4.69, 9.17) is 0 Å². The molecule has 0 radical (unpaired) electrons. The molecule has 96 valence electrons. The quantitative estimate of drug-likeness (QED) is 0.770. The molecule has 1 aromatic heterocycles. The first-order valence-electron chi connectivity index (χ1n) is 6.24. The van der Waals surface area contributed by atoms with E-state index in [1.54, 1.807) is 12.3 Å². The fraction of sp³-hybridized carbons (Fsp3) is 0.643. The van der Waals surface area contributed by atoms with Gasteiger partial charge in [0.2, 0.25) is 0 Å². The molecule has 0 unspecified atom stereocenters. The molecule has 0 aliphatic carbocycles. The molecule has 1 heterocycles. The Kier molecular flexibility index (Phi) is 5.06. The zero-order valence-corrected chi connectivity index (χ0v) is 11.3. The second-order valence-electron chi connectivity index (χ2n) is 5.59. The number of hydrogen-bond acceptors (Lipinski definition) is 2. The highest BCUT2D eigenvalue weighted by molar-refractivity contribution is 5.22. The van der Waals surface area contributed by atoms with Crippen molar-refractivity contribution in [1.29, 1.82) is 0 Å². The third-order valence-corrected chi connectivity index (χ3v) is 2.98. The minimum Gasteiger partial charge on any atom is -0.316 e. The van der Waals surface area contributed by atoms with Gasteiger partial charge in [-0.15, -0.1) is 0 Å². The standard InChI is InChI=1S/C14H23FN2/c1-11(2)9-17-8-6-14(3,4)12-5-7-16-10-13(12)15/h5,7,10-11,17H,6,8-9H2,1-4H3. The number of halogens is 1. The van der Waals surface area contributed by atoms with Gasteiger partial charge in [-0.05, 0) is 42.5 Å². The molecule has 0 atom stereocenters. The highest BCUT2D eigenvalue weighted by Crippen LogP contribution is 2.28. The van der Waals surface area contributed by atoms with E-state index in [2.05, 4.69) is 38.0 Å². The summed E-state index contributed by atoms with van der Waals surface area (Å²) in [5.74, 6) is 0.442. The number of rotatable bonds is 6. The van der Waals surface area contributed by atoms with Gasteiger partial charge in [0.25, 0.3) is 0 Å². The summed E-state index contributed by atoms with van der Waals surface area (Å²) >= 11 is 0. The summed E-state index contributed by atoms with van der Waals surface area (Å²) in [6, 6.07) is 1.78. The van der Waals surface area contributed by atoms with Crippen LogP contribution in [0.4, 0.5) is 4.39 Å². The Morgan fingerprint density at radius 1 is 1.41 bits per heavy atom. The Labute approximate surface area is 104 Å². The minimum absolute atomic E-state index is 0.156. The predicted octanol–water partition coefficient (Wildman–Crippen LogP) is 3.13. The van der Waals surface area contributed by atoms with Crippen LogP contribution in [-0.4, -0.2) is 18.1 Å². The van der Waals surface area contributed by atoms with Crippen LogP contribution in [0.15, 0.2) is 18.5 Å². The first-order chi connectivity index (χ1) is 7.93. The lowest BCUT2D eigenvalue weighted by Crippen LogP contribution is -2.28. The molecule has 0 spiro atoms. The van der Waals surface area contributed by atoms with Crippen molar-refractivity contribution in [2.45, 2.75) is 39.5 Å². The topological polar surface area (TPSA) is 24.9 Å².